The average Bonchev–Trinajstić information content (AvgIpc) is 2.66. The normalized spacial score (nSPS) is 20.8. The summed E-state index contributed by atoms with van der Waals surface area (Å²) in [5.41, 5.74) is 0.605. The number of aromatic hydroxyl groups is 1. The average molecular weight is 230 g/mol. The minimum absolute atomic E-state index is 0.258. The molecule has 1 aromatic rings. The highest BCUT2D eigenvalue weighted by Crippen LogP contribution is 2.28. The molecular formula is C11H13ClFNO. The fraction of sp³-hybridized carbons (Fsp3) is 0.455. The number of hydrogen-bond donors (Lipinski definition) is 2. The molecule has 4 heteroatoms. The quantitative estimate of drug-likeness (QED) is 0.816. The molecule has 1 atom stereocenters. The first-order valence-corrected chi connectivity index (χ1v) is 5.42. The van der Waals surface area contributed by atoms with Crippen molar-refractivity contribution in [1.29, 1.82) is 0 Å². The number of phenolic OH excluding ortho intramolecular Hbond substituents is 1. The summed E-state index contributed by atoms with van der Waals surface area (Å²) in [7, 11) is 0. The lowest BCUT2D eigenvalue weighted by Gasteiger charge is -2.10. The monoisotopic (exact) mass is 229 g/mol. The largest absolute Gasteiger partial charge is 0.505 e. The molecule has 2 nitrogen and oxygen atoms in total. The van der Waals surface area contributed by atoms with Crippen LogP contribution in [0.4, 0.5) is 4.39 Å². The first kappa shape index (κ1) is 10.7. The van der Waals surface area contributed by atoms with Crippen molar-refractivity contribution in [2.75, 3.05) is 13.1 Å². The third-order valence-electron chi connectivity index (χ3n) is 2.78. The summed E-state index contributed by atoms with van der Waals surface area (Å²) >= 11 is 5.74. The van der Waals surface area contributed by atoms with Gasteiger partial charge in [0.1, 0.15) is 0 Å². The van der Waals surface area contributed by atoms with E-state index in [0.29, 0.717) is 22.9 Å². The van der Waals surface area contributed by atoms with Gasteiger partial charge in [-0.1, -0.05) is 11.6 Å². The van der Waals surface area contributed by atoms with Gasteiger partial charge in [0.2, 0.25) is 0 Å². The lowest BCUT2D eigenvalue weighted by molar-refractivity contribution is 0.420. The number of hydrogen-bond acceptors (Lipinski definition) is 2. The lowest BCUT2D eigenvalue weighted by atomic mass is 9.98. The van der Waals surface area contributed by atoms with Gasteiger partial charge in [0.15, 0.2) is 11.6 Å². The molecule has 1 aromatic carbocycles. The second-order valence-electron chi connectivity index (χ2n) is 3.96. The number of halogens is 2. The molecule has 0 radical (unpaired) electrons. The van der Waals surface area contributed by atoms with Crippen LogP contribution in [-0.2, 0) is 6.42 Å². The lowest BCUT2D eigenvalue weighted by Crippen LogP contribution is -2.11. The molecule has 0 aromatic heterocycles. The standard InChI is InChI=1S/C11H13ClFNO/c12-9-4-8(11(15)10(13)5-9)3-7-1-2-14-6-7/h4-5,7,14-15H,1-3,6H2. The zero-order valence-corrected chi connectivity index (χ0v) is 9.02. The van der Waals surface area contributed by atoms with Crippen LogP contribution in [0.3, 0.4) is 0 Å². The summed E-state index contributed by atoms with van der Waals surface area (Å²) in [5.74, 6) is -0.427. The molecule has 0 saturated carbocycles. The van der Waals surface area contributed by atoms with E-state index in [9.17, 15) is 9.50 Å². The Hall–Kier alpha value is -0.800. The highest BCUT2D eigenvalue weighted by atomic mass is 35.5. The maximum absolute atomic E-state index is 13.2. The molecule has 1 unspecified atom stereocenters. The summed E-state index contributed by atoms with van der Waals surface area (Å²) in [5, 5.41) is 13.1. The van der Waals surface area contributed by atoms with Crippen molar-refractivity contribution in [2.45, 2.75) is 12.8 Å². The number of nitrogens with one attached hydrogen (secondary N) is 1. The molecule has 82 valence electrons. The molecule has 1 aliphatic heterocycles. The van der Waals surface area contributed by atoms with Crippen molar-refractivity contribution < 1.29 is 9.50 Å². The van der Waals surface area contributed by atoms with Gasteiger partial charge < -0.3 is 10.4 Å². The number of phenols is 1. The van der Waals surface area contributed by atoms with E-state index < -0.39 is 5.82 Å². The zero-order valence-electron chi connectivity index (χ0n) is 8.26. The predicted molar refractivity (Wildman–Crippen MR) is 57.8 cm³/mol. The van der Waals surface area contributed by atoms with Crippen LogP contribution in [0.5, 0.6) is 5.75 Å². The molecule has 1 saturated heterocycles. The molecule has 1 aliphatic rings. The Balaban J connectivity index is 2.19. The Morgan fingerprint density at radius 3 is 3.00 bits per heavy atom. The van der Waals surface area contributed by atoms with E-state index in [0.717, 1.165) is 25.6 Å². The SMILES string of the molecule is Oc1c(F)cc(Cl)cc1CC1CCNC1. The first-order valence-electron chi connectivity index (χ1n) is 5.04. The van der Waals surface area contributed by atoms with Crippen molar-refractivity contribution in [3.8, 4) is 5.75 Å². The van der Waals surface area contributed by atoms with E-state index in [2.05, 4.69) is 5.32 Å². The molecule has 0 spiro atoms. The number of benzene rings is 1. The van der Waals surface area contributed by atoms with Gasteiger partial charge >= 0.3 is 0 Å². The minimum Gasteiger partial charge on any atom is -0.505 e. The number of rotatable bonds is 2. The second-order valence-corrected chi connectivity index (χ2v) is 4.39. The van der Waals surface area contributed by atoms with Crippen LogP contribution in [-0.4, -0.2) is 18.2 Å². The topological polar surface area (TPSA) is 32.3 Å². The molecule has 15 heavy (non-hydrogen) atoms. The van der Waals surface area contributed by atoms with Gasteiger partial charge in [-0.25, -0.2) is 4.39 Å². The van der Waals surface area contributed by atoms with Gasteiger partial charge in [0, 0.05) is 5.02 Å². The predicted octanol–water partition coefficient (Wildman–Crippen LogP) is 2.34. The zero-order chi connectivity index (χ0) is 10.8. The highest BCUT2D eigenvalue weighted by molar-refractivity contribution is 6.30. The highest BCUT2D eigenvalue weighted by Gasteiger charge is 2.18. The van der Waals surface area contributed by atoms with E-state index in [1.54, 1.807) is 6.07 Å². The first-order chi connectivity index (χ1) is 7.16. The van der Waals surface area contributed by atoms with Gasteiger partial charge in [-0.05, 0) is 49.5 Å². The third kappa shape index (κ3) is 2.41. The van der Waals surface area contributed by atoms with Crippen LogP contribution < -0.4 is 5.32 Å². The van der Waals surface area contributed by atoms with Gasteiger partial charge in [0.05, 0.1) is 0 Å². The minimum atomic E-state index is -0.636. The van der Waals surface area contributed by atoms with Crippen molar-refractivity contribution >= 4 is 11.6 Å². The molecule has 1 heterocycles. The van der Waals surface area contributed by atoms with Gasteiger partial charge in [-0.3, -0.25) is 0 Å². The van der Waals surface area contributed by atoms with E-state index in [4.69, 9.17) is 11.6 Å². The molecule has 2 rings (SSSR count). The van der Waals surface area contributed by atoms with Crippen molar-refractivity contribution in [1.82, 2.24) is 5.32 Å². The Morgan fingerprint density at radius 2 is 2.33 bits per heavy atom. The van der Waals surface area contributed by atoms with Crippen LogP contribution in [0.25, 0.3) is 0 Å². The molecule has 1 fully saturated rings. The fourth-order valence-electron chi connectivity index (χ4n) is 1.97. The van der Waals surface area contributed by atoms with Crippen LogP contribution in [0.15, 0.2) is 12.1 Å². The van der Waals surface area contributed by atoms with E-state index >= 15 is 0 Å². The molecule has 0 bridgehead atoms. The van der Waals surface area contributed by atoms with Crippen molar-refractivity contribution in [3.05, 3.63) is 28.5 Å². The van der Waals surface area contributed by atoms with E-state index in [1.165, 1.54) is 0 Å². The Kier molecular flexibility index (Phi) is 3.12. The van der Waals surface area contributed by atoms with Gasteiger partial charge in [0.25, 0.3) is 0 Å². The van der Waals surface area contributed by atoms with Crippen molar-refractivity contribution in [2.24, 2.45) is 5.92 Å². The molecule has 2 N–H and O–H groups in total. The third-order valence-corrected chi connectivity index (χ3v) is 3.00. The van der Waals surface area contributed by atoms with Crippen LogP contribution in [0.2, 0.25) is 5.02 Å². The van der Waals surface area contributed by atoms with Crippen LogP contribution >= 0.6 is 11.6 Å². The van der Waals surface area contributed by atoms with Crippen LogP contribution in [0.1, 0.15) is 12.0 Å². The summed E-state index contributed by atoms with van der Waals surface area (Å²) in [4.78, 5) is 0. The molecule has 0 amide bonds. The Morgan fingerprint density at radius 1 is 1.53 bits per heavy atom. The van der Waals surface area contributed by atoms with E-state index in [-0.39, 0.29) is 5.75 Å². The fourth-order valence-corrected chi connectivity index (χ4v) is 2.20. The second kappa shape index (κ2) is 4.37. The van der Waals surface area contributed by atoms with Crippen LogP contribution in [0, 0.1) is 11.7 Å². The Bertz CT molecular complexity index is 364. The van der Waals surface area contributed by atoms with Crippen molar-refractivity contribution in [3.63, 3.8) is 0 Å². The molecular weight excluding hydrogens is 217 g/mol. The van der Waals surface area contributed by atoms with Gasteiger partial charge in [-0.2, -0.15) is 0 Å². The Labute approximate surface area is 93.1 Å². The summed E-state index contributed by atoms with van der Waals surface area (Å²) in [6.45, 7) is 1.92. The summed E-state index contributed by atoms with van der Waals surface area (Å²) in [6, 6.07) is 2.77. The summed E-state index contributed by atoms with van der Waals surface area (Å²) < 4.78 is 13.2. The maximum Gasteiger partial charge on any atom is 0.166 e. The summed E-state index contributed by atoms with van der Waals surface area (Å²) in [6.07, 6.45) is 1.74. The maximum atomic E-state index is 13.2. The smallest absolute Gasteiger partial charge is 0.166 e. The van der Waals surface area contributed by atoms with Gasteiger partial charge in [-0.15, -0.1) is 0 Å². The van der Waals surface area contributed by atoms with E-state index in [1.807, 2.05) is 0 Å². The molecule has 0 aliphatic carbocycles.